The van der Waals surface area contributed by atoms with Gasteiger partial charge in [0.25, 0.3) is 11.5 Å². The van der Waals surface area contributed by atoms with E-state index in [1.165, 1.54) is 5.56 Å². The number of nitrogens with one attached hydrogen (secondary N) is 3. The first-order valence-electron chi connectivity index (χ1n) is 14.5. The molecule has 1 aromatic heterocycles. The van der Waals surface area contributed by atoms with Crippen LogP contribution in [0, 0.1) is 6.92 Å². The van der Waals surface area contributed by atoms with E-state index in [0.717, 1.165) is 87.7 Å². The van der Waals surface area contributed by atoms with Crippen molar-refractivity contribution in [3.05, 3.63) is 87.3 Å². The van der Waals surface area contributed by atoms with Gasteiger partial charge in [0, 0.05) is 88.1 Å². The Kier molecular flexibility index (Phi) is 9.31. The number of hydrogen-bond donors (Lipinski definition) is 3. The Morgan fingerprint density at radius 1 is 1.07 bits per heavy atom. The molecule has 2 aliphatic rings. The second-order valence-corrected chi connectivity index (χ2v) is 10.7. The zero-order chi connectivity index (χ0) is 27.9. The Balaban J connectivity index is 1.46. The number of hydrogen-bond acceptors (Lipinski definition) is 6. The van der Waals surface area contributed by atoms with Gasteiger partial charge in [-0.1, -0.05) is 30.3 Å². The standard InChI is InChI=1S/C32H41N5O3/c1-3-37(28-10-17-40-18-11-28)30-20-27(25-8-6-24(7-9-25)22-36-15-13-33-14-16-36)19-29(23(30)2)32(39)35-21-26-5-4-12-34-31(26)38/h4-9,12,19-20,28,33H,3,10-11,13-18,21-22H2,1-2H3,(H,34,38)(H,35,39). The molecule has 40 heavy (non-hydrogen) atoms. The number of carbonyl (C=O) groups is 1. The normalized spacial score (nSPS) is 16.6. The van der Waals surface area contributed by atoms with Crippen LogP contribution in [0.4, 0.5) is 5.69 Å². The fourth-order valence-corrected chi connectivity index (χ4v) is 5.82. The average Bonchev–Trinajstić information content (AvgIpc) is 2.99. The number of ether oxygens (including phenoxy) is 1. The summed E-state index contributed by atoms with van der Waals surface area (Å²) in [7, 11) is 0. The maximum Gasteiger partial charge on any atom is 0.252 e. The number of amides is 1. The monoisotopic (exact) mass is 543 g/mol. The van der Waals surface area contributed by atoms with Crippen molar-refractivity contribution in [3.8, 4) is 11.1 Å². The Bertz CT molecular complexity index is 1340. The topological polar surface area (TPSA) is 89.7 Å². The minimum atomic E-state index is -0.188. The summed E-state index contributed by atoms with van der Waals surface area (Å²) in [5, 5.41) is 6.40. The molecule has 2 saturated heterocycles. The van der Waals surface area contributed by atoms with Crippen molar-refractivity contribution < 1.29 is 9.53 Å². The van der Waals surface area contributed by atoms with Crippen molar-refractivity contribution in [2.45, 2.75) is 45.8 Å². The first-order chi connectivity index (χ1) is 19.5. The summed E-state index contributed by atoms with van der Waals surface area (Å²) in [5.74, 6) is -0.179. The quantitative estimate of drug-likeness (QED) is 0.382. The Labute approximate surface area is 236 Å². The molecular formula is C32H41N5O3. The molecule has 0 saturated carbocycles. The molecule has 0 spiro atoms. The number of rotatable bonds is 9. The molecule has 3 heterocycles. The van der Waals surface area contributed by atoms with Gasteiger partial charge >= 0.3 is 0 Å². The number of piperazine rings is 1. The molecule has 3 N–H and O–H groups in total. The van der Waals surface area contributed by atoms with E-state index in [1.807, 2.05) is 13.0 Å². The molecule has 0 atom stereocenters. The van der Waals surface area contributed by atoms with Gasteiger partial charge in [-0.25, -0.2) is 0 Å². The van der Waals surface area contributed by atoms with Gasteiger partial charge in [0.15, 0.2) is 0 Å². The highest BCUT2D eigenvalue weighted by Crippen LogP contribution is 2.34. The lowest BCUT2D eigenvalue weighted by atomic mass is 9.94. The summed E-state index contributed by atoms with van der Waals surface area (Å²) in [6, 6.07) is 16.8. The van der Waals surface area contributed by atoms with Crippen LogP contribution in [0.5, 0.6) is 0 Å². The number of anilines is 1. The first-order valence-corrected chi connectivity index (χ1v) is 14.5. The lowest BCUT2D eigenvalue weighted by Crippen LogP contribution is -2.42. The minimum Gasteiger partial charge on any atom is -0.381 e. The minimum absolute atomic E-state index is 0.173. The van der Waals surface area contributed by atoms with Gasteiger partial charge < -0.3 is 25.3 Å². The van der Waals surface area contributed by atoms with Crippen LogP contribution in [0.2, 0.25) is 0 Å². The molecule has 3 aromatic rings. The van der Waals surface area contributed by atoms with Crippen molar-refractivity contribution in [3.63, 3.8) is 0 Å². The Morgan fingerprint density at radius 3 is 2.52 bits per heavy atom. The van der Waals surface area contributed by atoms with Crippen molar-refractivity contribution in [2.24, 2.45) is 0 Å². The smallest absolute Gasteiger partial charge is 0.252 e. The molecule has 2 aromatic carbocycles. The molecule has 2 aliphatic heterocycles. The zero-order valence-corrected chi connectivity index (χ0v) is 23.7. The van der Waals surface area contributed by atoms with Crippen molar-refractivity contribution in [1.29, 1.82) is 0 Å². The van der Waals surface area contributed by atoms with E-state index >= 15 is 0 Å². The molecule has 212 valence electrons. The fourth-order valence-electron chi connectivity index (χ4n) is 5.82. The van der Waals surface area contributed by atoms with Gasteiger partial charge in [0.2, 0.25) is 0 Å². The molecule has 0 unspecified atom stereocenters. The molecule has 0 aliphatic carbocycles. The predicted octanol–water partition coefficient (Wildman–Crippen LogP) is 3.69. The largest absolute Gasteiger partial charge is 0.381 e. The fraction of sp³-hybridized carbons (Fsp3) is 0.438. The third-order valence-corrected chi connectivity index (χ3v) is 8.15. The van der Waals surface area contributed by atoms with E-state index in [1.54, 1.807) is 18.3 Å². The van der Waals surface area contributed by atoms with Crippen molar-refractivity contribution in [1.82, 2.24) is 20.5 Å². The van der Waals surface area contributed by atoms with Gasteiger partial charge in [-0.05, 0) is 67.1 Å². The lowest BCUT2D eigenvalue weighted by molar-refractivity contribution is 0.0846. The molecular weight excluding hydrogens is 502 g/mol. The number of pyridine rings is 1. The Morgan fingerprint density at radius 2 is 1.82 bits per heavy atom. The highest BCUT2D eigenvalue weighted by Gasteiger charge is 2.25. The summed E-state index contributed by atoms with van der Waals surface area (Å²) >= 11 is 0. The van der Waals surface area contributed by atoms with Crippen LogP contribution in [0.3, 0.4) is 0 Å². The highest BCUT2D eigenvalue weighted by molar-refractivity contribution is 5.99. The maximum absolute atomic E-state index is 13.6. The van der Waals surface area contributed by atoms with Gasteiger partial charge in [-0.15, -0.1) is 0 Å². The van der Waals surface area contributed by atoms with Crippen LogP contribution in [0.15, 0.2) is 59.5 Å². The van der Waals surface area contributed by atoms with Gasteiger partial charge in [-0.2, -0.15) is 0 Å². The molecule has 8 heteroatoms. The average molecular weight is 544 g/mol. The number of nitrogens with zero attached hydrogens (tertiary/aromatic N) is 2. The van der Waals surface area contributed by atoms with Crippen LogP contribution >= 0.6 is 0 Å². The third-order valence-electron chi connectivity index (χ3n) is 8.15. The van der Waals surface area contributed by atoms with E-state index in [2.05, 4.69) is 62.7 Å². The number of benzene rings is 2. The van der Waals surface area contributed by atoms with Crippen molar-refractivity contribution >= 4 is 11.6 Å². The lowest BCUT2D eigenvalue weighted by Gasteiger charge is -2.37. The first kappa shape index (κ1) is 28.1. The summed E-state index contributed by atoms with van der Waals surface area (Å²) in [5.41, 5.74) is 6.40. The van der Waals surface area contributed by atoms with Crippen LogP contribution in [-0.2, 0) is 17.8 Å². The zero-order valence-electron chi connectivity index (χ0n) is 23.7. The number of carbonyl (C=O) groups excluding carboxylic acids is 1. The number of H-pyrrole nitrogens is 1. The third kappa shape index (κ3) is 6.63. The molecule has 8 nitrogen and oxygen atoms in total. The molecule has 2 fully saturated rings. The summed E-state index contributed by atoms with van der Waals surface area (Å²) in [6.45, 7) is 11.9. The maximum atomic E-state index is 13.6. The second kappa shape index (κ2) is 13.3. The van der Waals surface area contributed by atoms with Crippen LogP contribution in [-0.4, -0.2) is 67.8 Å². The second-order valence-electron chi connectivity index (χ2n) is 10.7. The molecule has 0 bridgehead atoms. The molecule has 0 radical (unpaired) electrons. The number of aromatic amines is 1. The summed E-state index contributed by atoms with van der Waals surface area (Å²) in [6.07, 6.45) is 3.53. The van der Waals surface area contributed by atoms with E-state index in [0.29, 0.717) is 17.2 Å². The van der Waals surface area contributed by atoms with E-state index < -0.39 is 0 Å². The van der Waals surface area contributed by atoms with Gasteiger partial charge in [0.05, 0.1) is 0 Å². The van der Waals surface area contributed by atoms with Gasteiger partial charge in [-0.3, -0.25) is 14.5 Å². The van der Waals surface area contributed by atoms with Crippen LogP contribution in [0.25, 0.3) is 11.1 Å². The van der Waals surface area contributed by atoms with Gasteiger partial charge in [0.1, 0.15) is 0 Å². The summed E-state index contributed by atoms with van der Waals surface area (Å²) in [4.78, 5) is 33.3. The van der Waals surface area contributed by atoms with E-state index in [9.17, 15) is 9.59 Å². The Hall–Kier alpha value is -3.46. The van der Waals surface area contributed by atoms with E-state index in [-0.39, 0.29) is 18.0 Å². The van der Waals surface area contributed by atoms with Crippen LogP contribution in [0.1, 0.15) is 46.8 Å². The van der Waals surface area contributed by atoms with Crippen LogP contribution < -0.4 is 21.1 Å². The van der Waals surface area contributed by atoms with Crippen molar-refractivity contribution in [2.75, 3.05) is 50.8 Å². The molecule has 1 amide bonds. The highest BCUT2D eigenvalue weighted by atomic mass is 16.5. The summed E-state index contributed by atoms with van der Waals surface area (Å²) < 4.78 is 5.64. The SMILES string of the molecule is CCN(c1cc(-c2ccc(CN3CCNCC3)cc2)cc(C(=O)NCc2ccc[nH]c2=O)c1C)C1CCOCC1. The predicted molar refractivity (Wildman–Crippen MR) is 160 cm³/mol. The molecule has 5 rings (SSSR count). The number of aromatic nitrogens is 1. The van der Waals surface area contributed by atoms with E-state index in [4.69, 9.17) is 4.74 Å².